The molecule has 0 aliphatic carbocycles. The van der Waals surface area contributed by atoms with Crippen LogP contribution < -0.4 is 4.90 Å². The van der Waals surface area contributed by atoms with Gasteiger partial charge in [-0.15, -0.1) is 10.5 Å². The third kappa shape index (κ3) is 4.06. The fourth-order valence-electron chi connectivity index (χ4n) is 3.48. The van der Waals surface area contributed by atoms with E-state index in [1.807, 2.05) is 29.2 Å². The fourth-order valence-corrected chi connectivity index (χ4v) is 5.05. The van der Waals surface area contributed by atoms with E-state index in [4.69, 9.17) is 0 Å². The number of anilines is 2. The van der Waals surface area contributed by atoms with Crippen molar-refractivity contribution >= 4 is 27.7 Å². The fraction of sp³-hybridized carbons (Fsp3) is 0.381. The first-order valence-electron chi connectivity index (χ1n) is 9.21. The van der Waals surface area contributed by atoms with Crippen molar-refractivity contribution in [1.29, 1.82) is 0 Å². The van der Waals surface area contributed by atoms with Crippen molar-refractivity contribution < 1.29 is 13.2 Å². The molecule has 0 aromatic heterocycles. The van der Waals surface area contributed by atoms with E-state index in [1.165, 1.54) is 12.1 Å². The van der Waals surface area contributed by atoms with Gasteiger partial charge in [-0.25, -0.2) is 0 Å². The zero-order valence-electron chi connectivity index (χ0n) is 15.7. The molecule has 1 heterocycles. The first kappa shape index (κ1) is 20.0. The van der Waals surface area contributed by atoms with Crippen molar-refractivity contribution in [2.45, 2.75) is 36.2 Å². The van der Waals surface area contributed by atoms with Crippen molar-refractivity contribution in [2.75, 3.05) is 31.1 Å². The molecule has 2 aromatic rings. The summed E-state index contributed by atoms with van der Waals surface area (Å²) in [4.78, 5) is 6.34. The van der Waals surface area contributed by atoms with Gasteiger partial charge in [-0.3, -0.25) is 0 Å². The summed E-state index contributed by atoms with van der Waals surface area (Å²) in [7, 11) is -0.483. The molecule has 0 amide bonds. The maximum absolute atomic E-state index is 13.3. The molecule has 1 aliphatic rings. The van der Waals surface area contributed by atoms with Crippen LogP contribution in [0.5, 0.6) is 0 Å². The third-order valence-electron chi connectivity index (χ3n) is 5.01. The number of nitrogens with zero attached hydrogens (tertiary/aromatic N) is 2. The van der Waals surface area contributed by atoms with Gasteiger partial charge in [0, 0.05) is 16.3 Å². The highest BCUT2D eigenvalue weighted by Crippen LogP contribution is 2.52. The Morgan fingerprint density at radius 2 is 1.67 bits per heavy atom. The number of halogens is 3. The van der Waals surface area contributed by atoms with Crippen molar-refractivity contribution in [3.8, 4) is 0 Å². The number of para-hydroxylation sites is 1. The molecule has 1 unspecified atom stereocenters. The second kappa shape index (κ2) is 8.07. The lowest BCUT2D eigenvalue weighted by Gasteiger charge is -2.35. The highest BCUT2D eigenvalue weighted by Gasteiger charge is 2.33. The van der Waals surface area contributed by atoms with Gasteiger partial charge in [0.15, 0.2) is 0 Å². The quantitative estimate of drug-likeness (QED) is 0.554. The standard InChI is InChI=1S/C21H25F3N2S/c1-4-25(5-2)13-8-14-26-17-9-6-7-10-19(17)27(3)20-12-11-16(15-18(20)26)21(22,23)24/h6-7,9-12,15H,3-5,8,13-14H2,1-2H3. The van der Waals surface area contributed by atoms with Crippen LogP contribution in [-0.2, 0) is 6.18 Å². The average molecular weight is 395 g/mol. The van der Waals surface area contributed by atoms with Gasteiger partial charge in [0.1, 0.15) is 0 Å². The summed E-state index contributed by atoms with van der Waals surface area (Å²) in [5.41, 5.74) is 1.01. The molecule has 0 radical (unpaired) electrons. The minimum Gasteiger partial charge on any atom is -0.340 e. The maximum atomic E-state index is 13.3. The molecule has 2 aromatic carbocycles. The smallest absolute Gasteiger partial charge is 0.340 e. The molecule has 0 spiro atoms. The Labute approximate surface area is 161 Å². The summed E-state index contributed by atoms with van der Waals surface area (Å²) in [6, 6.07) is 12.0. The van der Waals surface area contributed by atoms with Crippen LogP contribution in [0, 0.1) is 0 Å². The van der Waals surface area contributed by atoms with Crippen LogP contribution in [0.4, 0.5) is 24.5 Å². The van der Waals surface area contributed by atoms with Crippen LogP contribution in [0.25, 0.3) is 0 Å². The van der Waals surface area contributed by atoms with Crippen molar-refractivity contribution in [2.24, 2.45) is 0 Å². The number of alkyl halides is 3. The zero-order chi connectivity index (χ0) is 19.6. The van der Waals surface area contributed by atoms with Crippen LogP contribution in [0.1, 0.15) is 25.8 Å². The van der Waals surface area contributed by atoms with Gasteiger partial charge in [0.25, 0.3) is 0 Å². The highest BCUT2D eigenvalue weighted by atomic mass is 32.2. The van der Waals surface area contributed by atoms with E-state index < -0.39 is 22.2 Å². The van der Waals surface area contributed by atoms with Crippen LogP contribution in [0.2, 0.25) is 0 Å². The summed E-state index contributed by atoms with van der Waals surface area (Å²) < 4.78 is 39.9. The molecule has 1 aliphatic heterocycles. The number of fused-ring (bicyclic) bond motifs is 2. The predicted molar refractivity (Wildman–Crippen MR) is 109 cm³/mol. The second-order valence-corrected chi connectivity index (χ2v) is 8.23. The largest absolute Gasteiger partial charge is 0.416 e. The van der Waals surface area contributed by atoms with Crippen molar-refractivity contribution in [1.82, 2.24) is 4.90 Å². The molecule has 1 atom stereocenters. The number of hydrogen-bond donors (Lipinski definition) is 0. The topological polar surface area (TPSA) is 6.48 Å². The molecule has 0 saturated heterocycles. The van der Waals surface area contributed by atoms with Crippen LogP contribution in [0.15, 0.2) is 52.3 Å². The van der Waals surface area contributed by atoms with E-state index in [1.54, 1.807) is 6.07 Å². The molecular weight excluding hydrogens is 369 g/mol. The molecule has 0 bridgehead atoms. The molecule has 0 N–H and O–H groups in total. The van der Waals surface area contributed by atoms with Gasteiger partial charge in [-0.05, 0) is 56.4 Å². The van der Waals surface area contributed by atoms with E-state index in [0.29, 0.717) is 12.2 Å². The Bertz CT molecular complexity index is 828. The van der Waals surface area contributed by atoms with E-state index in [-0.39, 0.29) is 0 Å². The first-order valence-corrected chi connectivity index (χ1v) is 10.6. The van der Waals surface area contributed by atoms with Crippen LogP contribution in [0.3, 0.4) is 0 Å². The zero-order valence-corrected chi connectivity index (χ0v) is 16.5. The monoisotopic (exact) mass is 394 g/mol. The van der Waals surface area contributed by atoms with E-state index in [0.717, 1.165) is 41.5 Å². The van der Waals surface area contributed by atoms with Crippen molar-refractivity contribution in [3.63, 3.8) is 0 Å². The normalized spacial score (nSPS) is 16.4. The molecule has 0 saturated carbocycles. The highest BCUT2D eigenvalue weighted by molar-refractivity contribution is 8.14. The van der Waals surface area contributed by atoms with Crippen molar-refractivity contribution in [3.05, 3.63) is 48.0 Å². The minimum atomic E-state index is -4.35. The summed E-state index contributed by atoms with van der Waals surface area (Å²) >= 11 is 0. The Morgan fingerprint density at radius 1 is 1.00 bits per heavy atom. The van der Waals surface area contributed by atoms with E-state index in [2.05, 4.69) is 24.6 Å². The van der Waals surface area contributed by atoms with Crippen LogP contribution in [-0.4, -0.2) is 36.9 Å². The molecule has 146 valence electrons. The second-order valence-electron chi connectivity index (χ2n) is 6.57. The molecule has 2 nitrogen and oxygen atoms in total. The summed E-state index contributed by atoms with van der Waals surface area (Å²) in [5.74, 6) is 4.25. The third-order valence-corrected chi connectivity index (χ3v) is 6.77. The molecule has 0 fully saturated rings. The average Bonchev–Trinajstić information content (AvgIpc) is 2.66. The molecular formula is C21H25F3N2S. The Morgan fingerprint density at radius 3 is 2.33 bits per heavy atom. The first-order chi connectivity index (χ1) is 12.9. The molecule has 6 heteroatoms. The Hall–Kier alpha value is -1.79. The van der Waals surface area contributed by atoms with Gasteiger partial charge in [-0.1, -0.05) is 31.9 Å². The predicted octanol–water partition coefficient (Wildman–Crippen LogP) is 6.01. The maximum Gasteiger partial charge on any atom is 0.416 e. The minimum absolute atomic E-state index is 0.483. The molecule has 27 heavy (non-hydrogen) atoms. The Kier molecular flexibility index (Phi) is 5.96. The summed E-state index contributed by atoms with van der Waals surface area (Å²) in [6.45, 7) is 7.81. The van der Waals surface area contributed by atoms with E-state index >= 15 is 0 Å². The lowest BCUT2D eigenvalue weighted by Crippen LogP contribution is -2.29. The number of benzene rings is 2. The van der Waals surface area contributed by atoms with Gasteiger partial charge < -0.3 is 9.80 Å². The van der Waals surface area contributed by atoms with Gasteiger partial charge in [0.05, 0.1) is 16.9 Å². The number of rotatable bonds is 6. The number of hydrogen-bond acceptors (Lipinski definition) is 2. The van der Waals surface area contributed by atoms with Gasteiger partial charge >= 0.3 is 6.18 Å². The lowest BCUT2D eigenvalue weighted by molar-refractivity contribution is -0.137. The van der Waals surface area contributed by atoms with Crippen LogP contribution >= 0.6 is 10.5 Å². The Balaban J connectivity index is 1.99. The SMILES string of the molecule is C=S1c2ccccc2N(CCCN(CC)CC)c2cc(C(F)(F)F)ccc21. The summed E-state index contributed by atoms with van der Waals surface area (Å²) in [5, 5.41) is 0. The van der Waals surface area contributed by atoms with Gasteiger partial charge in [0.2, 0.25) is 0 Å². The van der Waals surface area contributed by atoms with E-state index in [9.17, 15) is 13.2 Å². The lowest BCUT2D eigenvalue weighted by atomic mass is 10.1. The van der Waals surface area contributed by atoms with Gasteiger partial charge in [-0.2, -0.15) is 13.2 Å². The molecule has 3 rings (SSSR count). The summed E-state index contributed by atoms with van der Waals surface area (Å²) in [6.07, 6.45) is -3.46.